The molecule has 0 saturated carbocycles. The van der Waals surface area contributed by atoms with Crippen LogP contribution in [0.25, 0.3) is 11.3 Å². The Morgan fingerprint density at radius 1 is 1.17 bits per heavy atom. The monoisotopic (exact) mass is 492 g/mol. The summed E-state index contributed by atoms with van der Waals surface area (Å²) in [6.45, 7) is 7.78. The molecule has 0 aliphatic carbocycles. The molecule has 3 atom stereocenters. The average Bonchev–Trinajstić information content (AvgIpc) is 3.47. The summed E-state index contributed by atoms with van der Waals surface area (Å²) in [6, 6.07) is 7.36. The molecule has 188 valence electrons. The van der Waals surface area contributed by atoms with Crippen molar-refractivity contribution in [2.24, 2.45) is 7.05 Å². The molecule has 0 amide bonds. The van der Waals surface area contributed by atoms with E-state index >= 15 is 0 Å². The minimum Gasteiger partial charge on any atom is -0.335 e. The molecule has 4 aromatic rings. The molecule has 0 aromatic carbocycles. The number of nitrogens with zero attached hydrogens (tertiary/aromatic N) is 10. The lowest BCUT2D eigenvalue weighted by molar-refractivity contribution is 0.0980. The summed E-state index contributed by atoms with van der Waals surface area (Å²) < 4.78 is 18.2. The highest BCUT2D eigenvalue weighted by molar-refractivity contribution is 5.48. The molecule has 0 radical (unpaired) electrons. The predicted octanol–water partition coefficient (Wildman–Crippen LogP) is 2.12. The Morgan fingerprint density at radius 3 is 2.67 bits per heavy atom. The van der Waals surface area contributed by atoms with E-state index in [0.717, 1.165) is 25.1 Å². The summed E-state index contributed by atoms with van der Waals surface area (Å²) >= 11 is 0. The van der Waals surface area contributed by atoms with E-state index in [2.05, 4.69) is 56.8 Å². The largest absolute Gasteiger partial charge is 0.352 e. The Labute approximate surface area is 207 Å². The average molecular weight is 493 g/mol. The molecule has 1 saturated heterocycles. The maximum atomic E-state index is 13.6. The van der Waals surface area contributed by atoms with Crippen LogP contribution in [0, 0.1) is 17.3 Å². The van der Waals surface area contributed by atoms with Crippen molar-refractivity contribution >= 4 is 17.2 Å². The second-order valence-electron chi connectivity index (χ2n) is 9.27. The van der Waals surface area contributed by atoms with Crippen molar-refractivity contribution in [3.63, 3.8) is 0 Å². The number of hydrogen-bond donors (Lipinski definition) is 0. The zero-order valence-corrected chi connectivity index (χ0v) is 20.8. The first-order valence-corrected chi connectivity index (χ1v) is 12.2. The lowest BCUT2D eigenvalue weighted by atomic mass is 9.99. The zero-order chi connectivity index (χ0) is 25.6. The van der Waals surface area contributed by atoms with Crippen LogP contribution in [0.5, 0.6) is 0 Å². The third-order valence-corrected chi connectivity index (χ3v) is 7.20. The van der Waals surface area contributed by atoms with Gasteiger partial charge in [-0.05, 0) is 25.8 Å². The van der Waals surface area contributed by atoms with Gasteiger partial charge in [-0.15, -0.1) is 5.10 Å². The van der Waals surface area contributed by atoms with E-state index in [0.29, 0.717) is 29.5 Å². The van der Waals surface area contributed by atoms with Crippen LogP contribution in [0.4, 0.5) is 10.3 Å². The van der Waals surface area contributed by atoms with Gasteiger partial charge >= 0.3 is 5.69 Å². The summed E-state index contributed by atoms with van der Waals surface area (Å²) in [5.41, 5.74) is 2.19. The molecule has 5 heterocycles. The van der Waals surface area contributed by atoms with E-state index in [1.54, 1.807) is 23.8 Å². The van der Waals surface area contributed by atoms with E-state index in [4.69, 9.17) is 5.26 Å². The van der Waals surface area contributed by atoms with Gasteiger partial charge in [0.2, 0.25) is 11.9 Å². The Hall–Kier alpha value is -3.85. The number of nitriles is 1. The van der Waals surface area contributed by atoms with Crippen LogP contribution in [0.2, 0.25) is 0 Å². The molecule has 1 fully saturated rings. The second kappa shape index (κ2) is 9.31. The maximum absolute atomic E-state index is 13.6. The van der Waals surface area contributed by atoms with Crippen molar-refractivity contribution in [2.75, 3.05) is 18.0 Å². The summed E-state index contributed by atoms with van der Waals surface area (Å²) in [7, 11) is 1.66. The molecule has 1 unspecified atom stereocenters. The standard InChI is InChI=1S/C24H29FN10O/c1-5-17-14-33(23-28-24(36)31(4)22-11-16(7-9-26)29-35(22)23)18(6-2)13-32(17)15(3)19-8-10-34-21(27-19)12-20(25)30-34/h8,10-12,15,17-18H,5-7,13-14H2,1-4H3/t15?,17-,18+/m1/s1. The van der Waals surface area contributed by atoms with Crippen molar-refractivity contribution in [1.82, 2.24) is 38.7 Å². The first-order valence-electron chi connectivity index (χ1n) is 12.2. The topological polar surface area (TPSA) is 113 Å². The van der Waals surface area contributed by atoms with Crippen LogP contribution in [0.15, 0.2) is 29.2 Å². The molecule has 1 aliphatic heterocycles. The Bertz CT molecular complexity index is 1520. The molecule has 0 N–H and O–H groups in total. The van der Waals surface area contributed by atoms with Crippen molar-refractivity contribution < 1.29 is 4.39 Å². The third-order valence-electron chi connectivity index (χ3n) is 7.20. The molecule has 12 heteroatoms. The van der Waals surface area contributed by atoms with Crippen LogP contribution >= 0.6 is 0 Å². The molecule has 11 nitrogen and oxygen atoms in total. The van der Waals surface area contributed by atoms with Gasteiger partial charge in [-0.25, -0.2) is 14.3 Å². The van der Waals surface area contributed by atoms with E-state index < -0.39 is 5.95 Å². The van der Waals surface area contributed by atoms with Gasteiger partial charge in [0, 0.05) is 56.6 Å². The lowest BCUT2D eigenvalue weighted by Gasteiger charge is -2.48. The first kappa shape index (κ1) is 23.9. The molecule has 0 bridgehead atoms. The van der Waals surface area contributed by atoms with Crippen LogP contribution in [0.3, 0.4) is 0 Å². The highest BCUT2D eigenvalue weighted by atomic mass is 19.1. The van der Waals surface area contributed by atoms with Crippen molar-refractivity contribution in [2.45, 2.75) is 58.2 Å². The first-order chi connectivity index (χ1) is 17.3. The number of halogens is 1. The number of rotatable bonds is 6. The molecule has 0 spiro atoms. The molecule has 36 heavy (non-hydrogen) atoms. The van der Waals surface area contributed by atoms with Crippen LogP contribution in [-0.2, 0) is 13.5 Å². The smallest absolute Gasteiger partial charge is 0.335 e. The van der Waals surface area contributed by atoms with Crippen LogP contribution < -0.4 is 10.6 Å². The molecular formula is C24H29FN10O. The van der Waals surface area contributed by atoms with Gasteiger partial charge in [0.25, 0.3) is 0 Å². The van der Waals surface area contributed by atoms with E-state index in [1.807, 2.05) is 6.07 Å². The van der Waals surface area contributed by atoms with Gasteiger partial charge in [-0.1, -0.05) is 13.8 Å². The number of anilines is 1. The lowest BCUT2D eigenvalue weighted by Crippen LogP contribution is -2.59. The minimum absolute atomic E-state index is 0.00216. The Morgan fingerprint density at radius 2 is 1.94 bits per heavy atom. The van der Waals surface area contributed by atoms with Gasteiger partial charge in [0.1, 0.15) is 5.65 Å². The van der Waals surface area contributed by atoms with Gasteiger partial charge in [-0.3, -0.25) is 9.47 Å². The Kier molecular flexibility index (Phi) is 6.17. The van der Waals surface area contributed by atoms with Crippen molar-refractivity contribution in [3.8, 4) is 6.07 Å². The Balaban J connectivity index is 1.50. The van der Waals surface area contributed by atoms with Gasteiger partial charge in [0.05, 0.1) is 23.9 Å². The normalized spacial score (nSPS) is 19.7. The fourth-order valence-electron chi connectivity index (χ4n) is 5.14. The summed E-state index contributed by atoms with van der Waals surface area (Å²) in [6.07, 6.45) is 3.62. The highest BCUT2D eigenvalue weighted by Crippen LogP contribution is 2.31. The minimum atomic E-state index is -0.553. The second-order valence-corrected chi connectivity index (χ2v) is 9.27. The fraction of sp³-hybridized carbons (Fsp3) is 0.500. The molecule has 5 rings (SSSR count). The van der Waals surface area contributed by atoms with Crippen molar-refractivity contribution in [3.05, 3.63) is 52.2 Å². The van der Waals surface area contributed by atoms with E-state index in [1.165, 1.54) is 15.1 Å². The molecule has 1 aliphatic rings. The fourth-order valence-corrected chi connectivity index (χ4v) is 5.14. The third kappa shape index (κ3) is 3.99. The maximum Gasteiger partial charge on any atom is 0.352 e. The predicted molar refractivity (Wildman–Crippen MR) is 131 cm³/mol. The van der Waals surface area contributed by atoms with Crippen LogP contribution in [0.1, 0.15) is 51.0 Å². The number of hydrogen-bond acceptors (Lipinski definition) is 8. The van der Waals surface area contributed by atoms with Gasteiger partial charge in [0.15, 0.2) is 5.65 Å². The highest BCUT2D eigenvalue weighted by Gasteiger charge is 2.37. The number of aryl methyl sites for hydroxylation is 1. The molecular weight excluding hydrogens is 463 g/mol. The van der Waals surface area contributed by atoms with E-state index in [-0.39, 0.29) is 30.2 Å². The van der Waals surface area contributed by atoms with Gasteiger partial charge in [-0.2, -0.15) is 24.3 Å². The SMILES string of the molecule is CC[C@H]1CN(C(C)c2ccn3nc(F)cc3n2)[C@H](CC)CN1c1nc(=O)n(C)c2cc(CC#N)nn12. The van der Waals surface area contributed by atoms with Crippen molar-refractivity contribution in [1.29, 1.82) is 5.26 Å². The number of piperazine rings is 1. The number of fused-ring (bicyclic) bond motifs is 2. The zero-order valence-electron chi connectivity index (χ0n) is 20.8. The quantitative estimate of drug-likeness (QED) is 0.402. The summed E-state index contributed by atoms with van der Waals surface area (Å²) in [5.74, 6) is -0.0491. The number of aromatic nitrogens is 7. The summed E-state index contributed by atoms with van der Waals surface area (Å²) in [5, 5.41) is 17.5. The van der Waals surface area contributed by atoms with Crippen LogP contribution in [-0.4, -0.2) is 63.8 Å². The van der Waals surface area contributed by atoms with Gasteiger partial charge < -0.3 is 4.90 Å². The van der Waals surface area contributed by atoms with E-state index in [9.17, 15) is 9.18 Å². The summed E-state index contributed by atoms with van der Waals surface area (Å²) in [4.78, 5) is 26.4. The molecule has 4 aromatic heterocycles.